The van der Waals surface area contributed by atoms with Gasteiger partial charge in [0, 0.05) is 12.8 Å². The number of nitrogens with one attached hydrogen (secondary N) is 1. The van der Waals surface area contributed by atoms with Crippen LogP contribution in [0.1, 0.15) is 36.1 Å². The van der Waals surface area contributed by atoms with Gasteiger partial charge in [-0.25, -0.2) is 4.68 Å². The van der Waals surface area contributed by atoms with E-state index in [1.807, 2.05) is 20.1 Å². The highest BCUT2D eigenvalue weighted by Gasteiger charge is 2.17. The summed E-state index contributed by atoms with van der Waals surface area (Å²) in [5, 5.41) is 10.8. The first-order valence-corrected chi connectivity index (χ1v) is 8.00. The van der Waals surface area contributed by atoms with Gasteiger partial charge < -0.3 is 14.9 Å². The largest absolute Gasteiger partial charge is 0.398 e. The molecule has 0 fully saturated rings. The maximum Gasteiger partial charge on any atom is 0.260 e. The Hall–Kier alpha value is -1.54. The quantitative estimate of drug-likeness (QED) is 0.472. The number of nitrogens with zero attached hydrogens (tertiary/aromatic N) is 3. The van der Waals surface area contributed by atoms with Crippen molar-refractivity contribution in [1.29, 1.82) is 0 Å². The van der Waals surface area contributed by atoms with E-state index < -0.39 is 0 Å². The van der Waals surface area contributed by atoms with E-state index in [1.54, 1.807) is 29.6 Å². The minimum Gasteiger partial charge on any atom is -0.398 e. The van der Waals surface area contributed by atoms with Crippen molar-refractivity contribution in [2.45, 2.75) is 27.0 Å². The lowest BCUT2D eigenvalue weighted by Crippen LogP contribution is -2.32. The number of oxime groups is 1. The lowest BCUT2D eigenvalue weighted by atomic mass is 10.2. The summed E-state index contributed by atoms with van der Waals surface area (Å²) in [6, 6.07) is 0. The van der Waals surface area contributed by atoms with Gasteiger partial charge in [0.15, 0.2) is 5.84 Å². The van der Waals surface area contributed by atoms with Gasteiger partial charge in [0.25, 0.3) is 5.91 Å². The molecule has 1 aromatic heterocycles. The van der Waals surface area contributed by atoms with E-state index in [0.717, 1.165) is 0 Å². The van der Waals surface area contributed by atoms with E-state index in [9.17, 15) is 4.79 Å². The van der Waals surface area contributed by atoms with Crippen molar-refractivity contribution in [2.75, 3.05) is 25.7 Å². The molecule has 0 aromatic carbocycles. The molecule has 1 heterocycles. The van der Waals surface area contributed by atoms with Gasteiger partial charge in [-0.1, -0.05) is 5.16 Å². The number of hydrogen-bond acceptors (Lipinski definition) is 6. The molecule has 0 aliphatic heterocycles. The zero-order valence-corrected chi connectivity index (χ0v) is 13.9. The number of aromatic nitrogens is 2. The van der Waals surface area contributed by atoms with Gasteiger partial charge in [0.1, 0.15) is 13.3 Å². The summed E-state index contributed by atoms with van der Waals surface area (Å²) >= 11 is 1.54. The highest BCUT2D eigenvalue weighted by atomic mass is 32.2. The number of amides is 1. The minimum atomic E-state index is -0.257. The Morgan fingerprint density at radius 3 is 2.90 bits per heavy atom. The number of carbonyl (C=O) groups is 1. The maximum absolute atomic E-state index is 12.3. The van der Waals surface area contributed by atoms with Gasteiger partial charge in [0.05, 0.1) is 17.0 Å². The van der Waals surface area contributed by atoms with Gasteiger partial charge in [0.2, 0.25) is 0 Å². The first kappa shape index (κ1) is 17.5. The van der Waals surface area contributed by atoms with Crippen LogP contribution in [0.5, 0.6) is 0 Å². The predicted molar refractivity (Wildman–Crippen MR) is 83.6 cm³/mol. The minimum absolute atomic E-state index is 0.214. The zero-order valence-electron chi connectivity index (χ0n) is 13.0. The number of hydrogen-bond donors (Lipinski definition) is 1. The first-order chi connectivity index (χ1) is 10.0. The van der Waals surface area contributed by atoms with Crippen LogP contribution in [0, 0.1) is 6.92 Å². The van der Waals surface area contributed by atoms with Gasteiger partial charge in [-0.15, -0.1) is 0 Å². The molecule has 0 saturated heterocycles. The standard InChI is InChI=1S/C13H22N4O3S/c1-6-20-10(3)17-7-11(9(2)15-17)13(18)14-12(8-21-5)16-19-4/h7,10H,6,8H2,1-5H3,(H,14,16,18). The van der Waals surface area contributed by atoms with Crippen molar-refractivity contribution in [3.8, 4) is 0 Å². The molecule has 1 unspecified atom stereocenters. The second-order valence-electron chi connectivity index (χ2n) is 4.27. The highest BCUT2D eigenvalue weighted by Crippen LogP contribution is 2.12. The fourth-order valence-corrected chi connectivity index (χ4v) is 2.14. The molecule has 21 heavy (non-hydrogen) atoms. The molecular weight excluding hydrogens is 292 g/mol. The van der Waals surface area contributed by atoms with Crippen molar-refractivity contribution in [2.24, 2.45) is 5.16 Å². The number of rotatable bonds is 7. The molecule has 0 aliphatic rings. The van der Waals surface area contributed by atoms with Gasteiger partial charge in [-0.2, -0.15) is 16.9 Å². The summed E-state index contributed by atoms with van der Waals surface area (Å²) in [7, 11) is 1.44. The van der Waals surface area contributed by atoms with E-state index >= 15 is 0 Å². The van der Waals surface area contributed by atoms with Crippen LogP contribution in [0.15, 0.2) is 11.4 Å². The van der Waals surface area contributed by atoms with Crippen LogP contribution in [-0.4, -0.2) is 47.2 Å². The normalized spacial score (nSPS) is 13.1. The Bertz CT molecular complexity index is 502. The first-order valence-electron chi connectivity index (χ1n) is 6.61. The molecule has 0 aliphatic carbocycles. The van der Waals surface area contributed by atoms with E-state index in [-0.39, 0.29) is 12.1 Å². The SMILES string of the molecule is CCOC(C)n1cc(C(=O)NC(CSC)=NOC)c(C)n1. The van der Waals surface area contributed by atoms with Crippen molar-refractivity contribution in [1.82, 2.24) is 15.1 Å². The highest BCUT2D eigenvalue weighted by molar-refractivity contribution is 7.99. The Kier molecular flexibility index (Phi) is 7.24. The van der Waals surface area contributed by atoms with Crippen molar-refractivity contribution >= 4 is 23.5 Å². The summed E-state index contributed by atoms with van der Waals surface area (Å²) in [5.41, 5.74) is 1.13. The molecule has 0 spiro atoms. The van der Waals surface area contributed by atoms with Crippen LogP contribution >= 0.6 is 11.8 Å². The van der Waals surface area contributed by atoms with Gasteiger partial charge in [-0.3, -0.25) is 4.79 Å². The number of thioether (sulfide) groups is 1. The fraction of sp³-hybridized carbons (Fsp3) is 0.615. The lowest BCUT2D eigenvalue weighted by Gasteiger charge is -2.11. The van der Waals surface area contributed by atoms with Crippen LogP contribution in [0.2, 0.25) is 0 Å². The van der Waals surface area contributed by atoms with Crippen LogP contribution in [0.3, 0.4) is 0 Å². The van der Waals surface area contributed by atoms with Gasteiger partial charge in [-0.05, 0) is 27.0 Å². The molecular formula is C13H22N4O3S. The molecule has 0 radical (unpaired) electrons. The van der Waals surface area contributed by atoms with E-state index in [1.165, 1.54) is 7.11 Å². The maximum atomic E-state index is 12.3. The van der Waals surface area contributed by atoms with Crippen molar-refractivity contribution in [3.63, 3.8) is 0 Å². The Morgan fingerprint density at radius 2 is 2.33 bits per heavy atom. The molecule has 0 bridgehead atoms. The fourth-order valence-electron chi connectivity index (χ4n) is 1.74. The second-order valence-corrected chi connectivity index (χ2v) is 5.14. The number of carbonyl (C=O) groups excluding carboxylic acids is 1. The Morgan fingerprint density at radius 1 is 1.62 bits per heavy atom. The number of amidine groups is 1. The predicted octanol–water partition coefficient (Wildman–Crippen LogP) is 1.80. The number of aryl methyl sites for hydroxylation is 1. The van der Waals surface area contributed by atoms with Crippen molar-refractivity contribution in [3.05, 3.63) is 17.5 Å². The third-order valence-corrected chi connectivity index (χ3v) is 3.24. The van der Waals surface area contributed by atoms with Crippen LogP contribution in [0.4, 0.5) is 0 Å². The molecule has 1 N–H and O–H groups in total. The van der Waals surface area contributed by atoms with E-state index in [2.05, 4.69) is 15.6 Å². The molecule has 7 nitrogen and oxygen atoms in total. The summed E-state index contributed by atoms with van der Waals surface area (Å²) < 4.78 is 7.09. The molecule has 1 amide bonds. The Balaban J connectivity index is 2.85. The Labute approximate surface area is 129 Å². The summed E-state index contributed by atoms with van der Waals surface area (Å²) in [5.74, 6) is 0.773. The molecule has 0 saturated carbocycles. The van der Waals surface area contributed by atoms with Crippen LogP contribution < -0.4 is 5.32 Å². The van der Waals surface area contributed by atoms with Crippen molar-refractivity contribution < 1.29 is 14.4 Å². The lowest BCUT2D eigenvalue weighted by molar-refractivity contribution is 0.0157. The monoisotopic (exact) mass is 314 g/mol. The molecule has 8 heteroatoms. The van der Waals surface area contributed by atoms with Crippen LogP contribution in [0.25, 0.3) is 0 Å². The van der Waals surface area contributed by atoms with E-state index in [4.69, 9.17) is 9.57 Å². The average Bonchev–Trinajstić information content (AvgIpc) is 2.82. The average molecular weight is 314 g/mol. The molecule has 1 rings (SSSR count). The summed E-state index contributed by atoms with van der Waals surface area (Å²) in [6.07, 6.45) is 3.38. The second kappa shape index (κ2) is 8.68. The number of ether oxygens (including phenoxy) is 1. The molecule has 1 atom stereocenters. The van der Waals surface area contributed by atoms with Crippen LogP contribution in [-0.2, 0) is 9.57 Å². The zero-order chi connectivity index (χ0) is 15.8. The van der Waals surface area contributed by atoms with E-state index in [0.29, 0.717) is 29.5 Å². The molecule has 1 aromatic rings. The van der Waals surface area contributed by atoms with Gasteiger partial charge >= 0.3 is 0 Å². The topological polar surface area (TPSA) is 77.7 Å². The summed E-state index contributed by atoms with van der Waals surface area (Å²) in [4.78, 5) is 17.0. The third kappa shape index (κ3) is 5.05. The molecule has 118 valence electrons. The smallest absolute Gasteiger partial charge is 0.260 e. The summed E-state index contributed by atoms with van der Waals surface area (Å²) in [6.45, 7) is 6.16. The third-order valence-electron chi connectivity index (χ3n) is 2.68.